The number of carbonyl (C=O) groups excluding carboxylic acids is 2. The van der Waals surface area contributed by atoms with Crippen LogP contribution in [-0.4, -0.2) is 54.8 Å². The summed E-state index contributed by atoms with van der Waals surface area (Å²) < 4.78 is 10.2. The molecule has 0 spiro atoms. The fourth-order valence-electron chi connectivity index (χ4n) is 3.22. The van der Waals surface area contributed by atoms with Crippen LogP contribution in [0.25, 0.3) is 6.08 Å². The van der Waals surface area contributed by atoms with Gasteiger partial charge in [-0.2, -0.15) is 0 Å². The molecule has 6 nitrogen and oxygen atoms in total. The van der Waals surface area contributed by atoms with Crippen molar-refractivity contribution >= 4 is 23.7 Å². The Bertz CT molecular complexity index is 692. The topological polar surface area (TPSA) is 59.1 Å². The van der Waals surface area contributed by atoms with Gasteiger partial charge < -0.3 is 14.4 Å². The summed E-state index contributed by atoms with van der Waals surface area (Å²) in [7, 11) is 0. The predicted octanol–water partition coefficient (Wildman–Crippen LogP) is 2.44. The zero-order chi connectivity index (χ0) is 18.9. The molecule has 2 aliphatic heterocycles. The van der Waals surface area contributed by atoms with Crippen molar-refractivity contribution in [3.63, 3.8) is 0 Å². The van der Waals surface area contributed by atoms with Gasteiger partial charge in [-0.15, -0.1) is 0 Å². The van der Waals surface area contributed by atoms with Crippen LogP contribution in [0.3, 0.4) is 0 Å². The third kappa shape index (κ3) is 4.07. The Morgan fingerprint density at radius 2 is 1.50 bits per heavy atom. The molecular weight excluding hydrogens is 332 g/mol. The van der Waals surface area contributed by atoms with Crippen molar-refractivity contribution in [2.45, 2.75) is 39.5 Å². The van der Waals surface area contributed by atoms with Crippen LogP contribution in [0.5, 0.6) is 0 Å². The Kier molecular flexibility index (Phi) is 5.05. The van der Waals surface area contributed by atoms with Gasteiger partial charge in [-0.3, -0.25) is 4.90 Å². The number of rotatable bonds is 3. The van der Waals surface area contributed by atoms with Crippen LogP contribution in [-0.2, 0) is 19.1 Å². The first kappa shape index (κ1) is 18.5. The van der Waals surface area contributed by atoms with Gasteiger partial charge in [0.05, 0.1) is 0 Å². The molecule has 2 heterocycles. The first-order valence-electron chi connectivity index (χ1n) is 9.02. The maximum absolute atomic E-state index is 12.0. The molecule has 0 N–H and O–H groups in total. The second-order valence-electron chi connectivity index (χ2n) is 7.45. The zero-order valence-corrected chi connectivity index (χ0v) is 15.8. The molecule has 1 aromatic rings. The average Bonchev–Trinajstić information content (AvgIpc) is 2.58. The quantitative estimate of drug-likeness (QED) is 0.470. The molecule has 0 radical (unpaired) electrons. The molecule has 0 aliphatic carbocycles. The number of benzene rings is 1. The lowest BCUT2D eigenvalue weighted by atomic mass is 10.1. The highest BCUT2D eigenvalue weighted by molar-refractivity contribution is 6.18. The Hall–Kier alpha value is -2.34. The Morgan fingerprint density at radius 3 is 2.00 bits per heavy atom. The van der Waals surface area contributed by atoms with Gasteiger partial charge in [0.25, 0.3) is 5.79 Å². The molecule has 26 heavy (non-hydrogen) atoms. The second kappa shape index (κ2) is 7.11. The molecule has 0 amide bonds. The standard InChI is InChI=1S/C20H26N2O4/c1-14(2)21-9-11-22(12-10-21)16-7-5-15(6-8-16)13-17-18(23)25-20(3,4)26-19(17)24/h5-8,13-14H,9-12H2,1-4H3. The van der Waals surface area contributed by atoms with E-state index in [9.17, 15) is 9.59 Å². The average molecular weight is 358 g/mol. The van der Waals surface area contributed by atoms with Crippen LogP contribution in [0.15, 0.2) is 29.8 Å². The van der Waals surface area contributed by atoms with E-state index < -0.39 is 17.7 Å². The zero-order valence-electron chi connectivity index (χ0n) is 15.8. The number of hydrogen-bond donors (Lipinski definition) is 0. The molecule has 0 aromatic heterocycles. The third-order valence-corrected chi connectivity index (χ3v) is 4.73. The number of esters is 2. The number of ether oxygens (including phenoxy) is 2. The predicted molar refractivity (Wildman–Crippen MR) is 99.6 cm³/mol. The normalized spacial score (nSPS) is 20.8. The van der Waals surface area contributed by atoms with Gasteiger partial charge in [-0.1, -0.05) is 12.1 Å². The van der Waals surface area contributed by atoms with Crippen molar-refractivity contribution in [3.05, 3.63) is 35.4 Å². The maximum atomic E-state index is 12.0. The summed E-state index contributed by atoms with van der Waals surface area (Å²) in [5.41, 5.74) is 1.83. The van der Waals surface area contributed by atoms with Gasteiger partial charge in [-0.05, 0) is 37.6 Å². The van der Waals surface area contributed by atoms with Crippen LogP contribution in [0.2, 0.25) is 0 Å². The summed E-state index contributed by atoms with van der Waals surface area (Å²) in [6.07, 6.45) is 1.51. The largest absolute Gasteiger partial charge is 0.419 e. The molecule has 3 rings (SSSR count). The third-order valence-electron chi connectivity index (χ3n) is 4.73. The van der Waals surface area contributed by atoms with E-state index in [1.807, 2.05) is 24.3 Å². The summed E-state index contributed by atoms with van der Waals surface area (Å²) in [5.74, 6) is -2.52. The monoisotopic (exact) mass is 358 g/mol. The molecule has 0 unspecified atom stereocenters. The molecule has 2 saturated heterocycles. The van der Waals surface area contributed by atoms with E-state index in [2.05, 4.69) is 23.6 Å². The number of cyclic esters (lactones) is 2. The summed E-state index contributed by atoms with van der Waals surface area (Å²) >= 11 is 0. The van der Waals surface area contributed by atoms with Gasteiger partial charge in [-0.25, -0.2) is 9.59 Å². The van der Waals surface area contributed by atoms with Gasteiger partial charge in [0, 0.05) is 51.8 Å². The molecule has 0 bridgehead atoms. The number of nitrogens with zero attached hydrogens (tertiary/aromatic N) is 2. The van der Waals surface area contributed by atoms with Crippen LogP contribution >= 0.6 is 0 Å². The molecule has 6 heteroatoms. The van der Waals surface area contributed by atoms with E-state index in [-0.39, 0.29) is 5.57 Å². The molecule has 2 fully saturated rings. The van der Waals surface area contributed by atoms with Crippen LogP contribution in [0.1, 0.15) is 33.3 Å². The molecule has 0 atom stereocenters. The first-order chi connectivity index (χ1) is 12.2. The number of carbonyl (C=O) groups is 2. The lowest BCUT2D eigenvalue weighted by Crippen LogP contribution is -2.48. The summed E-state index contributed by atoms with van der Waals surface area (Å²) in [6.45, 7) is 11.6. The Labute approximate surface area is 154 Å². The summed E-state index contributed by atoms with van der Waals surface area (Å²) in [5, 5.41) is 0. The highest BCUT2D eigenvalue weighted by Crippen LogP contribution is 2.25. The minimum absolute atomic E-state index is 0.0809. The number of anilines is 1. The van der Waals surface area contributed by atoms with Crippen LogP contribution < -0.4 is 4.90 Å². The van der Waals surface area contributed by atoms with Gasteiger partial charge in [0.1, 0.15) is 5.57 Å². The minimum atomic E-state index is -1.21. The Balaban J connectivity index is 1.69. The maximum Gasteiger partial charge on any atom is 0.348 e. The fourth-order valence-corrected chi connectivity index (χ4v) is 3.22. The van der Waals surface area contributed by atoms with Gasteiger partial charge in [0.15, 0.2) is 0 Å². The van der Waals surface area contributed by atoms with Crippen LogP contribution in [0, 0.1) is 0 Å². The number of piperazine rings is 1. The highest BCUT2D eigenvalue weighted by atomic mass is 16.7. The number of hydrogen-bond acceptors (Lipinski definition) is 6. The lowest BCUT2D eigenvalue weighted by Gasteiger charge is -2.38. The molecule has 140 valence electrons. The molecular formula is C20H26N2O4. The van der Waals surface area contributed by atoms with Crippen molar-refractivity contribution in [1.29, 1.82) is 0 Å². The minimum Gasteiger partial charge on any atom is -0.419 e. The molecule has 2 aliphatic rings. The van der Waals surface area contributed by atoms with Gasteiger partial charge >= 0.3 is 11.9 Å². The Morgan fingerprint density at radius 1 is 0.962 bits per heavy atom. The highest BCUT2D eigenvalue weighted by Gasteiger charge is 2.38. The molecule has 0 saturated carbocycles. The molecule has 1 aromatic carbocycles. The smallest absolute Gasteiger partial charge is 0.348 e. The van der Waals surface area contributed by atoms with Crippen molar-refractivity contribution in [3.8, 4) is 0 Å². The lowest BCUT2D eigenvalue weighted by molar-refractivity contribution is -0.222. The summed E-state index contributed by atoms with van der Waals surface area (Å²) in [4.78, 5) is 28.9. The van der Waals surface area contributed by atoms with Crippen molar-refractivity contribution < 1.29 is 19.1 Å². The van der Waals surface area contributed by atoms with E-state index in [0.29, 0.717) is 6.04 Å². The van der Waals surface area contributed by atoms with E-state index in [4.69, 9.17) is 9.47 Å². The van der Waals surface area contributed by atoms with Crippen molar-refractivity contribution in [2.24, 2.45) is 0 Å². The van der Waals surface area contributed by atoms with Gasteiger partial charge in [0.2, 0.25) is 0 Å². The first-order valence-corrected chi connectivity index (χ1v) is 9.02. The van der Waals surface area contributed by atoms with Crippen molar-refractivity contribution in [2.75, 3.05) is 31.1 Å². The van der Waals surface area contributed by atoms with E-state index in [1.165, 1.54) is 19.9 Å². The van der Waals surface area contributed by atoms with E-state index >= 15 is 0 Å². The van der Waals surface area contributed by atoms with E-state index in [1.54, 1.807) is 0 Å². The van der Waals surface area contributed by atoms with Crippen molar-refractivity contribution in [1.82, 2.24) is 4.90 Å². The van der Waals surface area contributed by atoms with E-state index in [0.717, 1.165) is 37.4 Å². The fraction of sp³-hybridized carbons (Fsp3) is 0.500. The summed E-state index contributed by atoms with van der Waals surface area (Å²) in [6, 6.07) is 8.41. The SMILES string of the molecule is CC(C)N1CCN(c2ccc(C=C3C(=O)OC(C)(C)OC3=O)cc2)CC1. The van der Waals surface area contributed by atoms with Crippen LogP contribution in [0.4, 0.5) is 5.69 Å². The second-order valence-corrected chi connectivity index (χ2v) is 7.45.